The second-order valence-corrected chi connectivity index (χ2v) is 5.31. The second-order valence-electron chi connectivity index (χ2n) is 4.92. The van der Waals surface area contributed by atoms with E-state index in [1.807, 2.05) is 31.2 Å². The van der Waals surface area contributed by atoms with Gasteiger partial charge in [0.25, 0.3) is 0 Å². The predicted molar refractivity (Wildman–Crippen MR) is 93.4 cm³/mol. The number of aromatic nitrogens is 3. The number of nitrogens with zero attached hydrogens (tertiary/aromatic N) is 3. The lowest BCUT2D eigenvalue weighted by Gasteiger charge is -2.05. The molecule has 0 fully saturated rings. The first-order valence-electron chi connectivity index (χ1n) is 7.38. The number of hydrogen-bond donors (Lipinski definition) is 1. The number of aromatic amines is 1. The van der Waals surface area contributed by atoms with Crippen molar-refractivity contribution in [3.05, 3.63) is 64.7 Å². The van der Waals surface area contributed by atoms with Gasteiger partial charge in [0.05, 0.1) is 12.8 Å². The van der Waals surface area contributed by atoms with Crippen LogP contribution in [0.25, 0.3) is 11.4 Å². The van der Waals surface area contributed by atoms with Crippen molar-refractivity contribution in [2.24, 2.45) is 5.10 Å². The van der Waals surface area contributed by atoms with Gasteiger partial charge in [-0.15, -0.1) is 0 Å². The molecule has 0 radical (unpaired) electrons. The van der Waals surface area contributed by atoms with E-state index >= 15 is 0 Å². The fourth-order valence-electron chi connectivity index (χ4n) is 2.19. The first-order chi connectivity index (χ1) is 11.7. The molecule has 122 valence electrons. The summed E-state index contributed by atoms with van der Waals surface area (Å²) < 4.78 is 20.6. The molecule has 1 aromatic heterocycles. The summed E-state index contributed by atoms with van der Waals surface area (Å²) >= 11 is 5.22. The Morgan fingerprint density at radius 1 is 1.29 bits per heavy atom. The van der Waals surface area contributed by atoms with Crippen molar-refractivity contribution in [1.82, 2.24) is 14.9 Å². The topological polar surface area (TPSA) is 55.2 Å². The third-order valence-corrected chi connectivity index (χ3v) is 3.49. The predicted octanol–water partition coefficient (Wildman–Crippen LogP) is 4.03. The lowest BCUT2D eigenvalue weighted by atomic mass is 10.2. The lowest BCUT2D eigenvalue weighted by molar-refractivity contribution is 0.340. The van der Waals surface area contributed by atoms with Crippen LogP contribution in [0, 0.1) is 10.6 Å². The first kappa shape index (κ1) is 16.1. The van der Waals surface area contributed by atoms with E-state index in [0.29, 0.717) is 22.8 Å². The van der Waals surface area contributed by atoms with Crippen molar-refractivity contribution in [2.75, 3.05) is 6.61 Å². The molecule has 0 saturated heterocycles. The van der Waals surface area contributed by atoms with Gasteiger partial charge in [0.2, 0.25) is 4.77 Å². The Balaban J connectivity index is 1.97. The van der Waals surface area contributed by atoms with Crippen LogP contribution in [0.1, 0.15) is 12.5 Å². The quantitative estimate of drug-likeness (QED) is 0.563. The van der Waals surface area contributed by atoms with Gasteiger partial charge in [-0.2, -0.15) is 14.9 Å². The molecule has 3 aromatic rings. The van der Waals surface area contributed by atoms with Crippen LogP contribution in [0.4, 0.5) is 4.39 Å². The third-order valence-electron chi connectivity index (χ3n) is 3.22. The van der Waals surface area contributed by atoms with Crippen LogP contribution in [-0.4, -0.2) is 27.7 Å². The molecular weight excluding hydrogens is 327 g/mol. The summed E-state index contributed by atoms with van der Waals surface area (Å²) in [5.74, 6) is 0.971. The minimum atomic E-state index is -0.320. The molecule has 3 rings (SSSR count). The molecule has 5 nitrogen and oxygen atoms in total. The molecule has 0 atom stereocenters. The van der Waals surface area contributed by atoms with Crippen LogP contribution in [0.5, 0.6) is 5.75 Å². The largest absolute Gasteiger partial charge is 0.494 e. The van der Waals surface area contributed by atoms with Gasteiger partial charge in [0.1, 0.15) is 11.6 Å². The zero-order chi connectivity index (χ0) is 16.9. The highest BCUT2D eigenvalue weighted by molar-refractivity contribution is 7.71. The molecule has 24 heavy (non-hydrogen) atoms. The number of benzene rings is 2. The number of hydrogen-bond acceptors (Lipinski definition) is 4. The highest BCUT2D eigenvalue weighted by atomic mass is 32.1. The Morgan fingerprint density at radius 2 is 2.12 bits per heavy atom. The molecule has 1 N–H and O–H groups in total. The van der Waals surface area contributed by atoms with Gasteiger partial charge in [-0.05, 0) is 49.0 Å². The van der Waals surface area contributed by atoms with E-state index in [4.69, 9.17) is 17.0 Å². The zero-order valence-electron chi connectivity index (χ0n) is 12.9. The van der Waals surface area contributed by atoms with Gasteiger partial charge < -0.3 is 4.74 Å². The molecule has 2 aromatic carbocycles. The summed E-state index contributed by atoms with van der Waals surface area (Å²) in [5, 5.41) is 11.3. The number of ether oxygens (including phenoxy) is 1. The van der Waals surface area contributed by atoms with E-state index in [-0.39, 0.29) is 5.82 Å². The number of nitrogens with one attached hydrogen (secondary N) is 1. The maximum Gasteiger partial charge on any atom is 0.216 e. The van der Waals surface area contributed by atoms with Gasteiger partial charge in [-0.25, -0.2) is 9.49 Å². The molecule has 7 heteroatoms. The van der Waals surface area contributed by atoms with E-state index in [1.165, 1.54) is 23.0 Å². The monoisotopic (exact) mass is 342 g/mol. The molecule has 0 amide bonds. The normalized spacial score (nSPS) is 11.1. The molecule has 0 aliphatic carbocycles. The first-order valence-corrected chi connectivity index (χ1v) is 7.79. The molecule has 0 spiro atoms. The summed E-state index contributed by atoms with van der Waals surface area (Å²) in [6.45, 7) is 2.50. The van der Waals surface area contributed by atoms with Crippen molar-refractivity contribution in [1.29, 1.82) is 0 Å². The molecule has 0 saturated carbocycles. The Bertz CT molecular complexity index is 932. The number of H-pyrrole nitrogens is 1. The van der Waals surface area contributed by atoms with Gasteiger partial charge in [-0.1, -0.05) is 24.3 Å². The summed E-state index contributed by atoms with van der Waals surface area (Å²) in [7, 11) is 0. The van der Waals surface area contributed by atoms with Crippen molar-refractivity contribution >= 4 is 18.4 Å². The Labute approximate surface area is 143 Å². The molecule has 0 unspecified atom stereocenters. The van der Waals surface area contributed by atoms with E-state index in [1.54, 1.807) is 12.1 Å². The standard InChI is InChI=1S/C17H15FN4OS/c1-2-23-15-8-4-6-13(10-15)16-20-21-17(24)22(16)19-11-12-5-3-7-14(18)9-12/h3-11H,2H2,1H3,(H,21,24). The fourth-order valence-corrected chi connectivity index (χ4v) is 2.37. The van der Waals surface area contributed by atoms with Gasteiger partial charge in [0.15, 0.2) is 5.82 Å². The van der Waals surface area contributed by atoms with Crippen molar-refractivity contribution < 1.29 is 9.13 Å². The molecule has 0 bridgehead atoms. The summed E-state index contributed by atoms with van der Waals surface area (Å²) in [6.07, 6.45) is 1.53. The highest BCUT2D eigenvalue weighted by Gasteiger charge is 2.09. The third kappa shape index (κ3) is 3.57. The van der Waals surface area contributed by atoms with Crippen LogP contribution >= 0.6 is 12.2 Å². The molecular formula is C17H15FN4OS. The van der Waals surface area contributed by atoms with Gasteiger partial charge in [0, 0.05) is 5.56 Å². The maximum absolute atomic E-state index is 13.3. The molecule has 0 aliphatic heterocycles. The SMILES string of the molecule is CCOc1cccc(-c2n[nH]c(=S)n2N=Cc2cccc(F)c2)c1. The summed E-state index contributed by atoms with van der Waals surface area (Å²) in [6, 6.07) is 13.6. The molecule has 1 heterocycles. The Kier molecular flexibility index (Phi) is 4.81. The summed E-state index contributed by atoms with van der Waals surface area (Å²) in [5.41, 5.74) is 1.44. The van der Waals surface area contributed by atoms with Crippen LogP contribution in [0.2, 0.25) is 0 Å². The number of rotatable bonds is 5. The van der Waals surface area contributed by atoms with E-state index in [0.717, 1.165) is 11.3 Å². The lowest BCUT2D eigenvalue weighted by Crippen LogP contribution is -1.96. The highest BCUT2D eigenvalue weighted by Crippen LogP contribution is 2.22. The van der Waals surface area contributed by atoms with Crippen LogP contribution in [0.3, 0.4) is 0 Å². The van der Waals surface area contributed by atoms with Crippen LogP contribution in [0.15, 0.2) is 53.6 Å². The maximum atomic E-state index is 13.3. The fraction of sp³-hybridized carbons (Fsp3) is 0.118. The van der Waals surface area contributed by atoms with Gasteiger partial charge in [-0.3, -0.25) is 0 Å². The van der Waals surface area contributed by atoms with E-state index in [2.05, 4.69) is 15.3 Å². The van der Waals surface area contributed by atoms with Gasteiger partial charge >= 0.3 is 0 Å². The van der Waals surface area contributed by atoms with Crippen LogP contribution < -0.4 is 4.74 Å². The Hall–Kier alpha value is -2.80. The van der Waals surface area contributed by atoms with Crippen LogP contribution in [-0.2, 0) is 0 Å². The average Bonchev–Trinajstić information content (AvgIpc) is 2.94. The zero-order valence-corrected chi connectivity index (χ0v) is 13.8. The van der Waals surface area contributed by atoms with E-state index in [9.17, 15) is 4.39 Å². The number of halogens is 1. The Morgan fingerprint density at radius 3 is 2.92 bits per heavy atom. The second kappa shape index (κ2) is 7.18. The van der Waals surface area contributed by atoms with Crippen molar-refractivity contribution in [2.45, 2.75) is 6.92 Å². The van der Waals surface area contributed by atoms with Crippen molar-refractivity contribution in [3.8, 4) is 17.1 Å². The minimum Gasteiger partial charge on any atom is -0.494 e. The summed E-state index contributed by atoms with van der Waals surface area (Å²) in [4.78, 5) is 0. The van der Waals surface area contributed by atoms with Crippen molar-refractivity contribution in [3.63, 3.8) is 0 Å². The van der Waals surface area contributed by atoms with E-state index < -0.39 is 0 Å². The average molecular weight is 342 g/mol. The smallest absolute Gasteiger partial charge is 0.216 e. The minimum absolute atomic E-state index is 0.320. The molecule has 0 aliphatic rings.